The predicted octanol–water partition coefficient (Wildman–Crippen LogP) is 3.80. The van der Waals surface area contributed by atoms with Crippen LogP contribution in [0, 0.1) is 0 Å². The molecule has 0 bridgehead atoms. The molecule has 5 nitrogen and oxygen atoms in total. The number of benzene rings is 2. The van der Waals surface area contributed by atoms with Crippen LogP contribution in [0.5, 0.6) is 11.5 Å². The lowest BCUT2D eigenvalue weighted by atomic mass is 10.1. The minimum absolute atomic E-state index is 0.0681. The van der Waals surface area contributed by atoms with Gasteiger partial charge in [-0.2, -0.15) is 0 Å². The van der Waals surface area contributed by atoms with E-state index in [0.717, 1.165) is 43.1 Å². The first-order valence-electron chi connectivity index (χ1n) is 8.63. The number of nitrogens with zero attached hydrogens (tertiary/aromatic N) is 1. The monoisotopic (exact) mass is 340 g/mol. The summed E-state index contributed by atoms with van der Waals surface area (Å²) in [6, 6.07) is 17.6. The predicted molar refractivity (Wildman–Crippen MR) is 96.8 cm³/mol. The molecule has 2 aromatic carbocycles. The zero-order valence-corrected chi connectivity index (χ0v) is 14.5. The molecule has 132 valence electrons. The maximum atomic E-state index is 12.4. The number of para-hydroxylation sites is 2. The minimum atomic E-state index is -0.0681. The van der Waals surface area contributed by atoms with E-state index >= 15 is 0 Å². The molecular weight excluding hydrogens is 316 g/mol. The molecule has 0 radical (unpaired) electrons. The average molecular weight is 340 g/mol. The van der Waals surface area contributed by atoms with Gasteiger partial charge in [0.1, 0.15) is 11.5 Å². The Labute approximate surface area is 148 Å². The Morgan fingerprint density at radius 3 is 2.56 bits per heavy atom. The quantitative estimate of drug-likeness (QED) is 0.901. The van der Waals surface area contributed by atoms with E-state index in [1.165, 1.54) is 0 Å². The van der Waals surface area contributed by atoms with E-state index in [2.05, 4.69) is 5.32 Å². The molecule has 0 aromatic heterocycles. The van der Waals surface area contributed by atoms with Gasteiger partial charge in [0.2, 0.25) is 0 Å². The number of urea groups is 1. The number of amides is 2. The SMILES string of the molecule is CN(C(=O)NCc1ccccc1Oc1ccccc1)C1CCOCC1. The fourth-order valence-corrected chi connectivity index (χ4v) is 2.90. The van der Waals surface area contributed by atoms with E-state index in [4.69, 9.17) is 9.47 Å². The molecule has 0 atom stereocenters. The maximum absolute atomic E-state index is 12.4. The molecule has 3 rings (SSSR count). The van der Waals surface area contributed by atoms with Gasteiger partial charge in [0.05, 0.1) is 0 Å². The molecule has 0 unspecified atom stereocenters. The minimum Gasteiger partial charge on any atom is -0.457 e. The molecule has 1 N–H and O–H groups in total. The summed E-state index contributed by atoms with van der Waals surface area (Å²) in [6.45, 7) is 1.86. The topological polar surface area (TPSA) is 50.8 Å². The van der Waals surface area contributed by atoms with Crippen molar-refractivity contribution in [2.24, 2.45) is 0 Å². The van der Waals surface area contributed by atoms with Crippen LogP contribution in [0.3, 0.4) is 0 Å². The lowest BCUT2D eigenvalue weighted by Crippen LogP contribution is -2.45. The van der Waals surface area contributed by atoms with E-state index in [1.54, 1.807) is 4.90 Å². The molecule has 25 heavy (non-hydrogen) atoms. The highest BCUT2D eigenvalue weighted by Gasteiger charge is 2.22. The summed E-state index contributed by atoms with van der Waals surface area (Å²) >= 11 is 0. The molecule has 5 heteroatoms. The van der Waals surface area contributed by atoms with Crippen LogP contribution in [-0.2, 0) is 11.3 Å². The molecule has 1 fully saturated rings. The Hall–Kier alpha value is -2.53. The molecule has 0 spiro atoms. The van der Waals surface area contributed by atoms with Crippen LogP contribution in [0.1, 0.15) is 18.4 Å². The van der Waals surface area contributed by atoms with Gasteiger partial charge in [-0.25, -0.2) is 4.79 Å². The summed E-state index contributed by atoms with van der Waals surface area (Å²) in [4.78, 5) is 14.2. The van der Waals surface area contributed by atoms with Crippen LogP contribution in [0.25, 0.3) is 0 Å². The van der Waals surface area contributed by atoms with Crippen molar-refractivity contribution in [3.05, 3.63) is 60.2 Å². The van der Waals surface area contributed by atoms with Gasteiger partial charge in [-0.1, -0.05) is 36.4 Å². The lowest BCUT2D eigenvalue weighted by molar-refractivity contribution is 0.0525. The summed E-state index contributed by atoms with van der Waals surface area (Å²) in [6.07, 6.45) is 1.77. The largest absolute Gasteiger partial charge is 0.457 e. The number of hydrogen-bond donors (Lipinski definition) is 1. The van der Waals surface area contributed by atoms with E-state index in [-0.39, 0.29) is 12.1 Å². The van der Waals surface area contributed by atoms with Crippen molar-refractivity contribution in [2.75, 3.05) is 20.3 Å². The number of nitrogens with one attached hydrogen (secondary N) is 1. The Morgan fingerprint density at radius 2 is 1.80 bits per heavy atom. The number of ether oxygens (including phenoxy) is 2. The second kappa shape index (κ2) is 8.53. The van der Waals surface area contributed by atoms with Gasteiger partial charge in [-0.05, 0) is 31.0 Å². The van der Waals surface area contributed by atoms with Gasteiger partial charge in [-0.3, -0.25) is 0 Å². The first kappa shape index (κ1) is 17.3. The summed E-state index contributed by atoms with van der Waals surface area (Å²) in [5, 5.41) is 2.99. The van der Waals surface area contributed by atoms with Gasteiger partial charge in [0.15, 0.2) is 0 Å². The molecule has 1 saturated heterocycles. The Balaban J connectivity index is 1.60. The molecule has 1 aliphatic rings. The highest BCUT2D eigenvalue weighted by Crippen LogP contribution is 2.25. The Kier molecular flexibility index (Phi) is 5.90. The van der Waals surface area contributed by atoms with Gasteiger partial charge >= 0.3 is 6.03 Å². The van der Waals surface area contributed by atoms with Crippen LogP contribution in [0.4, 0.5) is 4.79 Å². The molecule has 1 aliphatic heterocycles. The fraction of sp³-hybridized carbons (Fsp3) is 0.350. The summed E-state index contributed by atoms with van der Waals surface area (Å²) in [5.41, 5.74) is 0.945. The average Bonchev–Trinajstić information content (AvgIpc) is 2.68. The molecular formula is C20H24N2O3. The normalized spacial score (nSPS) is 14.8. The third kappa shape index (κ3) is 4.73. The van der Waals surface area contributed by atoms with Crippen molar-refractivity contribution in [1.29, 1.82) is 0 Å². The second-order valence-corrected chi connectivity index (χ2v) is 6.14. The van der Waals surface area contributed by atoms with E-state index in [0.29, 0.717) is 6.54 Å². The number of carbonyl (C=O) groups excluding carboxylic acids is 1. The van der Waals surface area contributed by atoms with E-state index in [1.807, 2.05) is 61.6 Å². The lowest BCUT2D eigenvalue weighted by Gasteiger charge is -2.31. The van der Waals surface area contributed by atoms with Gasteiger partial charge < -0.3 is 19.7 Å². The van der Waals surface area contributed by atoms with Crippen LogP contribution < -0.4 is 10.1 Å². The highest BCUT2D eigenvalue weighted by atomic mass is 16.5. The van der Waals surface area contributed by atoms with Crippen LogP contribution in [0.2, 0.25) is 0 Å². The summed E-state index contributed by atoms with van der Waals surface area (Å²) in [7, 11) is 1.84. The molecule has 2 aromatic rings. The number of carbonyl (C=O) groups is 1. The zero-order chi connectivity index (χ0) is 17.5. The van der Waals surface area contributed by atoms with Crippen molar-refractivity contribution >= 4 is 6.03 Å². The van der Waals surface area contributed by atoms with Crippen molar-refractivity contribution < 1.29 is 14.3 Å². The summed E-state index contributed by atoms with van der Waals surface area (Å²) < 4.78 is 11.3. The van der Waals surface area contributed by atoms with Gasteiger partial charge in [0.25, 0.3) is 0 Å². The number of rotatable bonds is 5. The Bertz CT molecular complexity index is 684. The van der Waals surface area contributed by atoms with Crippen molar-refractivity contribution in [1.82, 2.24) is 10.2 Å². The summed E-state index contributed by atoms with van der Waals surface area (Å²) in [5.74, 6) is 1.53. The molecule has 0 aliphatic carbocycles. The molecule has 1 heterocycles. The first-order valence-corrected chi connectivity index (χ1v) is 8.63. The standard InChI is InChI=1S/C20H24N2O3/c1-22(17-11-13-24-14-12-17)20(23)21-15-16-7-5-6-10-19(16)25-18-8-3-2-4-9-18/h2-10,17H,11-15H2,1H3,(H,21,23). The van der Waals surface area contributed by atoms with Crippen LogP contribution >= 0.6 is 0 Å². The second-order valence-electron chi connectivity index (χ2n) is 6.14. The molecule has 2 amide bonds. The molecule has 0 saturated carbocycles. The van der Waals surface area contributed by atoms with E-state index < -0.39 is 0 Å². The van der Waals surface area contributed by atoms with Crippen molar-refractivity contribution in [2.45, 2.75) is 25.4 Å². The zero-order valence-electron chi connectivity index (χ0n) is 14.5. The van der Waals surface area contributed by atoms with Crippen molar-refractivity contribution in [3.8, 4) is 11.5 Å². The van der Waals surface area contributed by atoms with Crippen molar-refractivity contribution in [3.63, 3.8) is 0 Å². The van der Waals surface area contributed by atoms with Crippen LogP contribution in [0.15, 0.2) is 54.6 Å². The maximum Gasteiger partial charge on any atom is 0.317 e. The van der Waals surface area contributed by atoms with Gasteiger partial charge in [-0.15, -0.1) is 0 Å². The third-order valence-electron chi connectivity index (χ3n) is 4.43. The Morgan fingerprint density at radius 1 is 1.12 bits per heavy atom. The van der Waals surface area contributed by atoms with Gasteiger partial charge in [0, 0.05) is 38.4 Å². The highest BCUT2D eigenvalue weighted by molar-refractivity contribution is 5.74. The third-order valence-corrected chi connectivity index (χ3v) is 4.43. The number of hydrogen-bond acceptors (Lipinski definition) is 3. The van der Waals surface area contributed by atoms with Crippen LogP contribution in [-0.4, -0.2) is 37.2 Å². The fourth-order valence-electron chi connectivity index (χ4n) is 2.90. The first-order chi connectivity index (χ1) is 12.2. The van der Waals surface area contributed by atoms with E-state index in [9.17, 15) is 4.79 Å². The smallest absolute Gasteiger partial charge is 0.317 e.